The van der Waals surface area contributed by atoms with E-state index < -0.39 is 0 Å². The van der Waals surface area contributed by atoms with E-state index in [4.69, 9.17) is 5.26 Å². The Morgan fingerprint density at radius 1 is 1.38 bits per heavy atom. The second-order valence-electron chi connectivity index (χ2n) is 6.21. The first-order chi connectivity index (χ1) is 11.7. The molecule has 2 aromatic rings. The van der Waals surface area contributed by atoms with Gasteiger partial charge in [-0.05, 0) is 37.8 Å². The maximum atomic E-state index is 12.5. The number of benzene rings is 1. The van der Waals surface area contributed by atoms with Gasteiger partial charge in [-0.15, -0.1) is 11.3 Å². The first kappa shape index (κ1) is 15.1. The van der Waals surface area contributed by atoms with Crippen molar-refractivity contribution >= 4 is 28.0 Å². The molecular weight excluding hydrogens is 318 g/mol. The zero-order valence-electron chi connectivity index (χ0n) is 13.5. The Balaban J connectivity index is 1.94. The van der Waals surface area contributed by atoms with Gasteiger partial charge in [0.25, 0.3) is 0 Å². The van der Waals surface area contributed by atoms with E-state index in [9.17, 15) is 4.79 Å². The number of aryl methyl sites for hydroxylation is 2. The number of aliphatic imine (C=N–C) groups is 1. The first-order valence-electron chi connectivity index (χ1n) is 8.12. The Labute approximate surface area is 145 Å². The number of hydrogen-bond acceptors (Lipinski definition) is 4. The molecule has 1 aromatic heterocycles. The van der Waals surface area contributed by atoms with Crippen LogP contribution in [0.25, 0.3) is 0 Å². The molecule has 120 valence electrons. The Morgan fingerprint density at radius 2 is 2.25 bits per heavy atom. The Hall–Kier alpha value is -2.45. The summed E-state index contributed by atoms with van der Waals surface area (Å²) in [7, 11) is 0. The van der Waals surface area contributed by atoms with Crippen LogP contribution in [-0.4, -0.2) is 24.7 Å². The molecule has 1 aliphatic carbocycles. The normalized spacial score (nSPS) is 16.2. The minimum absolute atomic E-state index is 0.0852. The molecule has 0 N–H and O–H groups in total. The number of carbonyl (C=O) groups is 1. The second kappa shape index (κ2) is 5.88. The molecule has 1 amide bonds. The first-order valence-corrected chi connectivity index (χ1v) is 8.94. The Bertz CT molecular complexity index is 904. The molecule has 0 bridgehead atoms. The Morgan fingerprint density at radius 3 is 3.04 bits per heavy atom. The number of carbonyl (C=O) groups excluding carboxylic acids is 1. The van der Waals surface area contributed by atoms with Crippen molar-refractivity contribution < 1.29 is 4.79 Å². The van der Waals surface area contributed by atoms with Crippen molar-refractivity contribution in [3.8, 4) is 6.07 Å². The third-order valence-electron chi connectivity index (χ3n) is 4.58. The van der Waals surface area contributed by atoms with Gasteiger partial charge in [-0.2, -0.15) is 5.26 Å². The minimum atomic E-state index is -0.0969. The van der Waals surface area contributed by atoms with Gasteiger partial charge < -0.3 is 0 Å². The predicted octanol–water partition coefficient (Wildman–Crippen LogP) is 3.25. The van der Waals surface area contributed by atoms with E-state index >= 15 is 0 Å². The van der Waals surface area contributed by atoms with E-state index in [0.29, 0.717) is 0 Å². The maximum absolute atomic E-state index is 12.5. The largest absolute Gasteiger partial charge is 0.288 e. The summed E-state index contributed by atoms with van der Waals surface area (Å²) in [5, 5.41) is 10.1. The number of anilines is 1. The highest BCUT2D eigenvalue weighted by Crippen LogP contribution is 2.43. The van der Waals surface area contributed by atoms with Crippen molar-refractivity contribution in [1.29, 1.82) is 5.26 Å². The van der Waals surface area contributed by atoms with Crippen LogP contribution in [0.5, 0.6) is 0 Å². The average Bonchev–Trinajstić information content (AvgIpc) is 3.11. The van der Waals surface area contributed by atoms with Gasteiger partial charge in [-0.3, -0.25) is 14.7 Å². The number of fused-ring (bicyclic) bond motifs is 3. The topological polar surface area (TPSA) is 56.5 Å². The fourth-order valence-corrected chi connectivity index (χ4v) is 4.91. The summed E-state index contributed by atoms with van der Waals surface area (Å²) >= 11 is 1.67. The zero-order chi connectivity index (χ0) is 16.7. The minimum Gasteiger partial charge on any atom is -0.288 e. The fourth-order valence-electron chi connectivity index (χ4n) is 3.51. The van der Waals surface area contributed by atoms with Crippen molar-refractivity contribution in [3.05, 3.63) is 51.4 Å². The van der Waals surface area contributed by atoms with Crippen LogP contribution in [-0.2, 0) is 17.6 Å². The smallest absolute Gasteiger partial charge is 0.250 e. The number of nitrogens with zero attached hydrogens (tertiary/aromatic N) is 3. The van der Waals surface area contributed by atoms with Crippen molar-refractivity contribution in [2.45, 2.75) is 26.2 Å². The molecule has 4 nitrogen and oxygen atoms in total. The lowest BCUT2D eigenvalue weighted by Crippen LogP contribution is -2.32. The van der Waals surface area contributed by atoms with Crippen LogP contribution < -0.4 is 4.90 Å². The average molecular weight is 335 g/mol. The molecule has 0 saturated carbocycles. The molecule has 2 aliphatic rings. The molecule has 0 spiro atoms. The van der Waals surface area contributed by atoms with Crippen LogP contribution >= 0.6 is 11.3 Å². The summed E-state index contributed by atoms with van der Waals surface area (Å²) in [6.45, 7) is 2.25. The standard InChI is InChI=1S/C19H17N3OS/c1-12-4-2-5-13(10-12)18-17-14-6-3-7-15(14)24-19(17)22(9-8-20)16(23)11-21-18/h2,4-5,10H,3,6-7,9,11H2,1H3. The summed E-state index contributed by atoms with van der Waals surface area (Å²) in [5.74, 6) is -0.0969. The van der Waals surface area contributed by atoms with Crippen molar-refractivity contribution in [1.82, 2.24) is 0 Å². The number of nitriles is 1. The summed E-state index contributed by atoms with van der Waals surface area (Å²) in [6.07, 6.45) is 3.24. The van der Waals surface area contributed by atoms with Gasteiger partial charge >= 0.3 is 0 Å². The van der Waals surface area contributed by atoms with E-state index in [0.717, 1.165) is 41.1 Å². The SMILES string of the molecule is Cc1cccc(C2=NCC(=O)N(CC#N)c3sc4c(c32)CCC4)c1. The number of amides is 1. The number of rotatable bonds is 2. The summed E-state index contributed by atoms with van der Waals surface area (Å²) in [6, 6.07) is 10.4. The summed E-state index contributed by atoms with van der Waals surface area (Å²) < 4.78 is 0. The van der Waals surface area contributed by atoms with E-state index in [1.165, 1.54) is 16.0 Å². The molecule has 5 heteroatoms. The lowest BCUT2D eigenvalue weighted by atomic mass is 9.98. The van der Waals surface area contributed by atoms with Crippen molar-refractivity contribution in [2.75, 3.05) is 18.0 Å². The number of thiophene rings is 1. The molecule has 24 heavy (non-hydrogen) atoms. The third-order valence-corrected chi connectivity index (χ3v) is 5.89. The van der Waals surface area contributed by atoms with Crippen LogP contribution in [0.4, 0.5) is 5.00 Å². The van der Waals surface area contributed by atoms with Gasteiger partial charge in [0.15, 0.2) is 0 Å². The number of hydrogen-bond donors (Lipinski definition) is 0. The highest BCUT2D eigenvalue weighted by atomic mass is 32.1. The molecule has 2 heterocycles. The monoisotopic (exact) mass is 335 g/mol. The molecule has 0 radical (unpaired) electrons. The summed E-state index contributed by atoms with van der Waals surface area (Å²) in [5.41, 5.74) is 5.54. The van der Waals surface area contributed by atoms with Crippen LogP contribution in [0.15, 0.2) is 29.3 Å². The molecular formula is C19H17N3OS. The van der Waals surface area contributed by atoms with Crippen LogP contribution in [0.2, 0.25) is 0 Å². The predicted molar refractivity (Wildman–Crippen MR) is 96.0 cm³/mol. The lowest BCUT2D eigenvalue weighted by molar-refractivity contribution is -0.117. The highest BCUT2D eigenvalue weighted by Gasteiger charge is 2.32. The van der Waals surface area contributed by atoms with Gasteiger partial charge in [0.05, 0.1) is 11.8 Å². The summed E-state index contributed by atoms with van der Waals surface area (Å²) in [4.78, 5) is 20.1. The van der Waals surface area contributed by atoms with Gasteiger partial charge in [0, 0.05) is 16.0 Å². The van der Waals surface area contributed by atoms with Crippen LogP contribution in [0.1, 0.15) is 33.6 Å². The molecule has 0 atom stereocenters. The van der Waals surface area contributed by atoms with E-state index in [1.54, 1.807) is 16.2 Å². The van der Waals surface area contributed by atoms with Gasteiger partial charge in [-0.1, -0.05) is 23.8 Å². The van der Waals surface area contributed by atoms with E-state index in [-0.39, 0.29) is 19.0 Å². The zero-order valence-corrected chi connectivity index (χ0v) is 14.3. The van der Waals surface area contributed by atoms with E-state index in [1.807, 2.05) is 6.07 Å². The van der Waals surface area contributed by atoms with Gasteiger partial charge in [-0.25, -0.2) is 0 Å². The molecule has 1 aliphatic heterocycles. The van der Waals surface area contributed by atoms with Crippen molar-refractivity contribution in [2.24, 2.45) is 4.99 Å². The van der Waals surface area contributed by atoms with Crippen molar-refractivity contribution in [3.63, 3.8) is 0 Å². The quantitative estimate of drug-likeness (QED) is 0.791. The molecule has 1 aromatic carbocycles. The maximum Gasteiger partial charge on any atom is 0.250 e. The molecule has 0 saturated heterocycles. The van der Waals surface area contributed by atoms with Gasteiger partial charge in [0.2, 0.25) is 5.91 Å². The van der Waals surface area contributed by atoms with E-state index in [2.05, 4.69) is 36.2 Å². The van der Waals surface area contributed by atoms with Crippen LogP contribution in [0, 0.1) is 18.3 Å². The molecule has 0 fully saturated rings. The second-order valence-corrected chi connectivity index (χ2v) is 7.29. The van der Waals surface area contributed by atoms with Crippen LogP contribution in [0.3, 0.4) is 0 Å². The Kier molecular flexibility index (Phi) is 3.70. The fraction of sp³-hybridized carbons (Fsp3) is 0.316. The van der Waals surface area contributed by atoms with Gasteiger partial charge in [0.1, 0.15) is 18.1 Å². The molecule has 4 rings (SSSR count). The third kappa shape index (κ3) is 2.35. The lowest BCUT2D eigenvalue weighted by Gasteiger charge is -2.17. The molecule has 0 unspecified atom stereocenters. The highest BCUT2D eigenvalue weighted by molar-refractivity contribution is 7.17.